The number of para-hydroxylation sites is 2. The number of hydrogen-bond donors (Lipinski definition) is 1. The third-order valence-corrected chi connectivity index (χ3v) is 5.01. The highest BCUT2D eigenvalue weighted by Crippen LogP contribution is 2.34. The topological polar surface area (TPSA) is 58.6 Å². The van der Waals surface area contributed by atoms with Crippen molar-refractivity contribution in [3.8, 4) is 5.75 Å². The molecule has 1 N–H and O–H groups in total. The summed E-state index contributed by atoms with van der Waals surface area (Å²) in [5.41, 5.74) is 1.57. The Kier molecular flexibility index (Phi) is 4.45. The van der Waals surface area contributed by atoms with Gasteiger partial charge in [0, 0.05) is 3.57 Å². The van der Waals surface area contributed by atoms with Gasteiger partial charge in [-0.2, -0.15) is 0 Å². The van der Waals surface area contributed by atoms with Crippen LogP contribution < -0.4 is 15.0 Å². The summed E-state index contributed by atoms with van der Waals surface area (Å²) in [6.45, 7) is -0.0530. The number of benzene rings is 2. The number of carbonyl (C=O) groups excluding carboxylic acids is 2. The van der Waals surface area contributed by atoms with Crippen molar-refractivity contribution in [1.29, 1.82) is 0 Å². The predicted octanol–water partition coefficient (Wildman–Crippen LogP) is 3.55. The van der Waals surface area contributed by atoms with E-state index in [0.29, 0.717) is 27.7 Å². The molecule has 0 bridgehead atoms. The fourth-order valence-electron chi connectivity index (χ4n) is 2.42. The zero-order valence-electron chi connectivity index (χ0n) is 12.1. The Balaban J connectivity index is 2.08. The van der Waals surface area contributed by atoms with Crippen LogP contribution in [-0.4, -0.2) is 25.5 Å². The van der Waals surface area contributed by atoms with E-state index < -0.39 is 0 Å². The van der Waals surface area contributed by atoms with Crippen LogP contribution in [0, 0.1) is 3.57 Å². The second-order valence-electron chi connectivity index (χ2n) is 4.92. The van der Waals surface area contributed by atoms with Crippen LogP contribution in [0.25, 0.3) is 0 Å². The van der Waals surface area contributed by atoms with Crippen molar-refractivity contribution in [2.45, 2.75) is 0 Å². The molecule has 2 aromatic rings. The van der Waals surface area contributed by atoms with E-state index in [-0.39, 0.29) is 18.4 Å². The van der Waals surface area contributed by atoms with Gasteiger partial charge < -0.3 is 10.1 Å². The molecule has 2 aromatic carbocycles. The van der Waals surface area contributed by atoms with Gasteiger partial charge >= 0.3 is 0 Å². The Hall–Kier alpha value is -1.80. The fourth-order valence-corrected chi connectivity index (χ4v) is 3.03. The average molecular weight is 443 g/mol. The molecule has 0 saturated heterocycles. The fraction of sp³-hybridized carbons (Fsp3) is 0.125. The van der Waals surface area contributed by atoms with Gasteiger partial charge in [-0.05, 0) is 46.9 Å². The quantitative estimate of drug-likeness (QED) is 0.724. The Morgan fingerprint density at radius 1 is 1.35 bits per heavy atom. The molecule has 0 unspecified atom stereocenters. The van der Waals surface area contributed by atoms with Crippen LogP contribution in [0.15, 0.2) is 36.4 Å². The van der Waals surface area contributed by atoms with Crippen molar-refractivity contribution < 1.29 is 14.3 Å². The van der Waals surface area contributed by atoms with Crippen LogP contribution in [0.4, 0.5) is 11.4 Å². The highest BCUT2D eigenvalue weighted by Gasteiger charge is 2.29. The Morgan fingerprint density at radius 2 is 2.09 bits per heavy atom. The van der Waals surface area contributed by atoms with Gasteiger partial charge in [0.15, 0.2) is 0 Å². The van der Waals surface area contributed by atoms with Crippen LogP contribution in [0.3, 0.4) is 0 Å². The molecule has 1 aliphatic rings. The van der Waals surface area contributed by atoms with E-state index in [9.17, 15) is 9.59 Å². The molecule has 0 spiro atoms. The van der Waals surface area contributed by atoms with Crippen molar-refractivity contribution in [2.24, 2.45) is 0 Å². The largest absolute Gasteiger partial charge is 0.496 e. The van der Waals surface area contributed by atoms with Crippen molar-refractivity contribution in [3.05, 3.63) is 50.6 Å². The third kappa shape index (κ3) is 3.00. The first-order chi connectivity index (χ1) is 11.0. The molecule has 3 rings (SSSR count). The van der Waals surface area contributed by atoms with E-state index in [1.165, 1.54) is 12.0 Å². The number of rotatable bonds is 2. The molecule has 5 nitrogen and oxygen atoms in total. The third-order valence-electron chi connectivity index (χ3n) is 3.49. The highest BCUT2D eigenvalue weighted by atomic mass is 127. The van der Waals surface area contributed by atoms with E-state index >= 15 is 0 Å². The second-order valence-corrected chi connectivity index (χ2v) is 6.49. The highest BCUT2D eigenvalue weighted by molar-refractivity contribution is 14.1. The van der Waals surface area contributed by atoms with Crippen LogP contribution >= 0.6 is 34.2 Å². The molecule has 0 radical (unpaired) electrons. The zero-order chi connectivity index (χ0) is 16.6. The number of carbonyl (C=O) groups is 2. The average Bonchev–Trinajstić information content (AvgIpc) is 2.55. The van der Waals surface area contributed by atoms with Crippen molar-refractivity contribution in [2.75, 3.05) is 23.9 Å². The first kappa shape index (κ1) is 16.1. The lowest BCUT2D eigenvalue weighted by molar-refractivity contribution is -0.115. The lowest BCUT2D eigenvalue weighted by Crippen LogP contribution is -2.42. The molecule has 7 heteroatoms. The van der Waals surface area contributed by atoms with Crippen molar-refractivity contribution in [1.82, 2.24) is 0 Å². The number of ether oxygens (including phenoxy) is 1. The molecule has 0 aromatic heterocycles. The Morgan fingerprint density at radius 3 is 2.83 bits per heavy atom. The van der Waals surface area contributed by atoms with Crippen LogP contribution in [-0.2, 0) is 4.79 Å². The van der Waals surface area contributed by atoms with Crippen LogP contribution in [0.1, 0.15) is 10.4 Å². The number of nitrogens with one attached hydrogen (secondary N) is 1. The number of anilines is 2. The minimum atomic E-state index is -0.331. The first-order valence-electron chi connectivity index (χ1n) is 6.75. The SMILES string of the molecule is COc1cc(I)c(Cl)cc1C(=O)N1CC(=O)Nc2ccccc21. The predicted molar refractivity (Wildman–Crippen MR) is 97.5 cm³/mol. The van der Waals surface area contributed by atoms with E-state index in [1.807, 2.05) is 6.07 Å². The van der Waals surface area contributed by atoms with E-state index in [2.05, 4.69) is 27.9 Å². The van der Waals surface area contributed by atoms with Gasteiger partial charge in [-0.3, -0.25) is 14.5 Å². The van der Waals surface area contributed by atoms with Crippen LogP contribution in [0.5, 0.6) is 5.75 Å². The standard InChI is InChI=1S/C16H12ClIN2O3/c1-23-14-7-11(18)10(17)6-9(14)16(22)20-8-15(21)19-12-4-2-3-5-13(12)20/h2-7H,8H2,1H3,(H,19,21). The van der Waals surface area contributed by atoms with Gasteiger partial charge in [0.05, 0.1) is 29.1 Å². The summed E-state index contributed by atoms with van der Waals surface area (Å²) >= 11 is 8.21. The molecule has 0 aliphatic carbocycles. The minimum Gasteiger partial charge on any atom is -0.496 e. The van der Waals surface area contributed by atoms with Gasteiger partial charge in [0.2, 0.25) is 5.91 Å². The van der Waals surface area contributed by atoms with Gasteiger partial charge in [-0.15, -0.1) is 0 Å². The molecule has 1 aliphatic heterocycles. The lowest BCUT2D eigenvalue weighted by Gasteiger charge is -2.29. The summed E-state index contributed by atoms with van der Waals surface area (Å²) in [6.07, 6.45) is 0. The molecule has 0 saturated carbocycles. The number of methoxy groups -OCH3 is 1. The summed E-state index contributed by atoms with van der Waals surface area (Å²) in [5, 5.41) is 3.22. The summed E-state index contributed by atoms with van der Waals surface area (Å²) < 4.78 is 6.08. The van der Waals surface area contributed by atoms with E-state index in [0.717, 1.165) is 3.57 Å². The van der Waals surface area contributed by atoms with Gasteiger partial charge in [-0.25, -0.2) is 0 Å². The van der Waals surface area contributed by atoms with Gasteiger partial charge in [0.25, 0.3) is 5.91 Å². The molecular formula is C16H12ClIN2O3. The molecule has 0 fully saturated rings. The number of nitrogens with zero attached hydrogens (tertiary/aromatic N) is 1. The minimum absolute atomic E-state index is 0.0530. The van der Waals surface area contributed by atoms with Gasteiger partial charge in [0.1, 0.15) is 12.3 Å². The van der Waals surface area contributed by atoms with E-state index in [1.54, 1.807) is 30.3 Å². The second kappa shape index (κ2) is 6.37. The molecule has 2 amide bonds. The lowest BCUT2D eigenvalue weighted by atomic mass is 10.1. The molecule has 23 heavy (non-hydrogen) atoms. The Labute approximate surface area is 151 Å². The van der Waals surface area contributed by atoms with E-state index in [4.69, 9.17) is 16.3 Å². The monoisotopic (exact) mass is 442 g/mol. The summed E-state index contributed by atoms with van der Waals surface area (Å²) in [5.74, 6) is -0.151. The maximum absolute atomic E-state index is 13.0. The normalized spacial score (nSPS) is 13.3. The maximum atomic E-state index is 13.0. The summed E-state index contributed by atoms with van der Waals surface area (Å²) in [4.78, 5) is 26.3. The summed E-state index contributed by atoms with van der Waals surface area (Å²) in [6, 6.07) is 10.4. The smallest absolute Gasteiger partial charge is 0.262 e. The summed E-state index contributed by atoms with van der Waals surface area (Å²) in [7, 11) is 1.49. The number of halogens is 2. The molecule has 0 atom stereocenters. The number of hydrogen-bond acceptors (Lipinski definition) is 3. The molecular weight excluding hydrogens is 431 g/mol. The zero-order valence-corrected chi connectivity index (χ0v) is 15.0. The number of amides is 2. The van der Waals surface area contributed by atoms with Crippen LogP contribution in [0.2, 0.25) is 5.02 Å². The molecule has 1 heterocycles. The maximum Gasteiger partial charge on any atom is 0.262 e. The van der Waals surface area contributed by atoms with Crippen molar-refractivity contribution in [3.63, 3.8) is 0 Å². The number of fused-ring (bicyclic) bond motifs is 1. The first-order valence-corrected chi connectivity index (χ1v) is 8.20. The Bertz CT molecular complexity index is 810. The van der Waals surface area contributed by atoms with Gasteiger partial charge in [-0.1, -0.05) is 23.7 Å². The molecule has 118 valence electrons. The van der Waals surface area contributed by atoms with Crippen molar-refractivity contribution >= 4 is 57.4 Å².